The fraction of sp³-hybridized carbons (Fsp3) is 0.235. The highest BCUT2D eigenvalue weighted by atomic mass is 32.1. The number of H-pyrrole nitrogens is 1. The molecule has 0 amide bonds. The lowest BCUT2D eigenvalue weighted by molar-refractivity contribution is 0.0478. The first-order valence-corrected chi connectivity index (χ1v) is 8.31. The monoisotopic (exact) mass is 344 g/mol. The van der Waals surface area contributed by atoms with Crippen LogP contribution in [0.15, 0.2) is 39.9 Å². The summed E-state index contributed by atoms with van der Waals surface area (Å²) in [6.07, 6.45) is 0. The van der Waals surface area contributed by atoms with Crippen LogP contribution in [0.25, 0.3) is 10.2 Å². The normalized spacial score (nSPS) is 10.9. The Morgan fingerprint density at radius 1 is 1.25 bits per heavy atom. The van der Waals surface area contributed by atoms with Crippen LogP contribution in [-0.4, -0.2) is 15.5 Å². The first-order valence-electron chi connectivity index (χ1n) is 7.50. The molecule has 0 aliphatic heterocycles. The van der Waals surface area contributed by atoms with E-state index < -0.39 is 17.2 Å². The number of carbonyl (C=O) groups excluding carboxylic acids is 1. The van der Waals surface area contributed by atoms with Crippen LogP contribution in [0.1, 0.15) is 27.7 Å². The van der Waals surface area contributed by atoms with Crippen molar-refractivity contribution in [3.63, 3.8) is 0 Å². The summed E-state index contributed by atoms with van der Waals surface area (Å²) < 4.78 is 6.79. The zero-order chi connectivity index (χ0) is 17.3. The minimum absolute atomic E-state index is 0.157. The molecule has 0 aliphatic carbocycles. The summed E-state index contributed by atoms with van der Waals surface area (Å²) in [5, 5.41) is 0.369. The van der Waals surface area contributed by atoms with Gasteiger partial charge in [-0.05, 0) is 25.0 Å². The predicted molar refractivity (Wildman–Crippen MR) is 92.7 cm³/mol. The summed E-state index contributed by atoms with van der Waals surface area (Å²) in [5.41, 5.74) is 0.473. The third-order valence-corrected chi connectivity index (χ3v) is 5.08. The number of thiophene rings is 1. The number of fused-ring (bicyclic) bond motifs is 1. The molecule has 0 radical (unpaired) electrons. The molecule has 124 valence electrons. The molecule has 1 N–H and O–H groups in total. The second-order valence-electron chi connectivity index (χ2n) is 5.30. The third-order valence-electron chi connectivity index (χ3n) is 3.78. The van der Waals surface area contributed by atoms with E-state index in [0.29, 0.717) is 27.2 Å². The molecule has 0 saturated heterocycles. The fourth-order valence-electron chi connectivity index (χ4n) is 2.55. The molecule has 3 rings (SSSR count). The van der Waals surface area contributed by atoms with E-state index in [1.165, 1.54) is 4.57 Å². The molecular weight excluding hydrogens is 328 g/mol. The SMILES string of the molecule is CCn1c(=O)[nH]c(=O)c2c(C)c(C(=O)OCc3ccccc3)sc21. The van der Waals surface area contributed by atoms with Crippen LogP contribution >= 0.6 is 11.3 Å². The number of carbonyl (C=O) groups is 1. The number of aromatic nitrogens is 2. The second-order valence-corrected chi connectivity index (χ2v) is 6.30. The van der Waals surface area contributed by atoms with Gasteiger partial charge in [0.2, 0.25) is 0 Å². The van der Waals surface area contributed by atoms with Crippen LogP contribution < -0.4 is 11.2 Å². The van der Waals surface area contributed by atoms with Gasteiger partial charge in [-0.2, -0.15) is 0 Å². The van der Waals surface area contributed by atoms with Crippen LogP contribution in [-0.2, 0) is 17.9 Å². The average Bonchev–Trinajstić information content (AvgIpc) is 2.92. The van der Waals surface area contributed by atoms with Crippen LogP contribution in [0.4, 0.5) is 0 Å². The largest absolute Gasteiger partial charge is 0.457 e. The standard InChI is InChI=1S/C17H16N2O4S/c1-3-19-15-12(14(20)18-17(19)22)10(2)13(24-15)16(21)23-9-11-7-5-4-6-8-11/h4-8H,3,9H2,1-2H3,(H,18,20,22). The maximum absolute atomic E-state index is 12.4. The van der Waals surface area contributed by atoms with Gasteiger partial charge in [0.05, 0.1) is 5.39 Å². The number of aromatic amines is 1. The van der Waals surface area contributed by atoms with Gasteiger partial charge in [-0.1, -0.05) is 30.3 Å². The molecule has 2 aromatic heterocycles. The lowest BCUT2D eigenvalue weighted by atomic mass is 10.2. The zero-order valence-corrected chi connectivity index (χ0v) is 14.1. The predicted octanol–water partition coefficient (Wildman–Crippen LogP) is 2.44. The quantitative estimate of drug-likeness (QED) is 0.737. The molecule has 0 aliphatic rings. The minimum Gasteiger partial charge on any atom is -0.457 e. The Balaban J connectivity index is 1.99. The second kappa shape index (κ2) is 6.45. The van der Waals surface area contributed by atoms with E-state index >= 15 is 0 Å². The summed E-state index contributed by atoms with van der Waals surface area (Å²) in [6, 6.07) is 9.35. The molecule has 0 atom stereocenters. The minimum atomic E-state index is -0.493. The van der Waals surface area contributed by atoms with Crippen LogP contribution in [0.3, 0.4) is 0 Å². The number of benzene rings is 1. The zero-order valence-electron chi connectivity index (χ0n) is 13.3. The summed E-state index contributed by atoms with van der Waals surface area (Å²) >= 11 is 1.12. The highest BCUT2D eigenvalue weighted by molar-refractivity contribution is 7.20. The van der Waals surface area contributed by atoms with Crippen molar-refractivity contribution in [1.29, 1.82) is 0 Å². The van der Waals surface area contributed by atoms with Crippen molar-refractivity contribution < 1.29 is 9.53 Å². The molecule has 24 heavy (non-hydrogen) atoms. The van der Waals surface area contributed by atoms with E-state index in [0.717, 1.165) is 16.9 Å². The van der Waals surface area contributed by atoms with Crippen molar-refractivity contribution in [3.8, 4) is 0 Å². The van der Waals surface area contributed by atoms with Gasteiger partial charge < -0.3 is 4.74 Å². The van der Waals surface area contributed by atoms with E-state index in [1.807, 2.05) is 37.3 Å². The average molecular weight is 344 g/mol. The third kappa shape index (κ3) is 2.78. The molecule has 0 saturated carbocycles. The van der Waals surface area contributed by atoms with Gasteiger partial charge in [-0.3, -0.25) is 14.3 Å². The van der Waals surface area contributed by atoms with Crippen molar-refractivity contribution in [1.82, 2.24) is 9.55 Å². The summed E-state index contributed by atoms with van der Waals surface area (Å²) in [5.74, 6) is -0.493. The molecule has 3 aromatic rings. The first kappa shape index (κ1) is 16.2. The Morgan fingerprint density at radius 2 is 1.96 bits per heavy atom. The number of nitrogens with one attached hydrogen (secondary N) is 1. The van der Waals surface area contributed by atoms with Gasteiger partial charge in [0, 0.05) is 6.54 Å². The molecule has 0 spiro atoms. The Morgan fingerprint density at radius 3 is 2.62 bits per heavy atom. The smallest absolute Gasteiger partial charge is 0.349 e. The molecule has 2 heterocycles. The van der Waals surface area contributed by atoms with Crippen LogP contribution in [0.5, 0.6) is 0 Å². The number of hydrogen-bond acceptors (Lipinski definition) is 5. The maximum atomic E-state index is 12.4. The van der Waals surface area contributed by atoms with Crippen molar-refractivity contribution >= 4 is 27.5 Å². The number of hydrogen-bond donors (Lipinski definition) is 1. The first-order chi connectivity index (χ1) is 11.5. The number of esters is 1. The molecule has 6 nitrogen and oxygen atoms in total. The van der Waals surface area contributed by atoms with Crippen molar-refractivity contribution in [2.75, 3.05) is 0 Å². The van der Waals surface area contributed by atoms with Gasteiger partial charge in [-0.15, -0.1) is 11.3 Å². The van der Waals surface area contributed by atoms with Crippen LogP contribution in [0, 0.1) is 6.92 Å². The summed E-state index contributed by atoms with van der Waals surface area (Å²) in [6.45, 7) is 4.06. The van der Waals surface area contributed by atoms with E-state index in [9.17, 15) is 14.4 Å². The van der Waals surface area contributed by atoms with Gasteiger partial charge >= 0.3 is 11.7 Å². The molecule has 0 fully saturated rings. The molecule has 1 aromatic carbocycles. The lowest BCUT2D eigenvalue weighted by Crippen LogP contribution is -2.29. The van der Waals surface area contributed by atoms with E-state index in [-0.39, 0.29) is 6.61 Å². The molecule has 0 bridgehead atoms. The Bertz CT molecular complexity index is 1010. The highest BCUT2D eigenvalue weighted by Crippen LogP contribution is 2.28. The summed E-state index contributed by atoms with van der Waals surface area (Å²) in [7, 11) is 0. The van der Waals surface area contributed by atoms with Gasteiger partial charge in [-0.25, -0.2) is 9.59 Å². The Kier molecular flexibility index (Phi) is 4.35. The summed E-state index contributed by atoms with van der Waals surface area (Å²) in [4.78, 5) is 39.5. The molecule has 0 unspecified atom stereocenters. The van der Waals surface area contributed by atoms with Crippen molar-refractivity contribution in [2.45, 2.75) is 27.0 Å². The number of aryl methyl sites for hydroxylation is 2. The highest BCUT2D eigenvalue weighted by Gasteiger charge is 2.21. The van der Waals surface area contributed by atoms with Crippen molar-refractivity contribution in [2.24, 2.45) is 0 Å². The lowest BCUT2D eigenvalue weighted by Gasteiger charge is -2.03. The van der Waals surface area contributed by atoms with E-state index in [4.69, 9.17) is 4.74 Å². The Labute approximate surface area is 141 Å². The van der Waals surface area contributed by atoms with Crippen molar-refractivity contribution in [3.05, 3.63) is 67.2 Å². The Hall–Kier alpha value is -2.67. The fourth-order valence-corrected chi connectivity index (χ4v) is 3.81. The molecule has 7 heteroatoms. The van der Waals surface area contributed by atoms with Gasteiger partial charge in [0.25, 0.3) is 5.56 Å². The number of nitrogens with zero attached hydrogens (tertiary/aromatic N) is 1. The topological polar surface area (TPSA) is 81.2 Å². The van der Waals surface area contributed by atoms with E-state index in [2.05, 4.69) is 4.98 Å². The van der Waals surface area contributed by atoms with Gasteiger partial charge in [0.1, 0.15) is 16.3 Å². The maximum Gasteiger partial charge on any atom is 0.349 e. The number of ether oxygens (including phenoxy) is 1. The van der Waals surface area contributed by atoms with Crippen LogP contribution in [0.2, 0.25) is 0 Å². The molecular formula is C17H16N2O4S. The van der Waals surface area contributed by atoms with E-state index in [1.54, 1.807) is 6.92 Å². The number of rotatable bonds is 4. The van der Waals surface area contributed by atoms with Gasteiger partial charge in [0.15, 0.2) is 0 Å².